The van der Waals surface area contributed by atoms with Crippen LogP contribution in [0.3, 0.4) is 0 Å². The Balaban J connectivity index is 2.37. The van der Waals surface area contributed by atoms with Crippen LogP contribution in [0.2, 0.25) is 0 Å². The van der Waals surface area contributed by atoms with Crippen molar-refractivity contribution in [3.05, 3.63) is 12.2 Å². The Morgan fingerprint density at radius 2 is 2.00 bits per heavy atom. The molecule has 0 aromatic heterocycles. The molecule has 0 aromatic carbocycles. The number of carboxylic acid groups (broad SMARTS) is 1. The summed E-state index contributed by atoms with van der Waals surface area (Å²) in [7, 11) is 1.72. The molecular weight excluding hydrogens is 332 g/mol. The molecule has 0 aromatic rings. The number of methoxy groups -OCH3 is 1. The number of Topliss-reactive ketones (excluding diaryl/α,β-unsaturated/α-hetero) is 2. The van der Waals surface area contributed by atoms with E-state index in [-0.39, 0.29) is 17.8 Å². The summed E-state index contributed by atoms with van der Waals surface area (Å²) in [6, 6.07) is 0. The average molecular weight is 366 g/mol. The van der Waals surface area contributed by atoms with Gasteiger partial charge in [0.2, 0.25) is 5.78 Å². The third-order valence-corrected chi connectivity index (χ3v) is 5.35. The molecule has 2 atom stereocenters. The molecule has 0 saturated heterocycles. The number of hydrogen-bond donors (Lipinski definition) is 1. The highest BCUT2D eigenvalue weighted by Gasteiger charge is 2.32. The summed E-state index contributed by atoms with van der Waals surface area (Å²) in [5, 5.41) is 8.56. The number of aliphatic carboxylic acids is 1. The first-order valence-electron chi connectivity index (χ1n) is 9.71. The van der Waals surface area contributed by atoms with Crippen LogP contribution in [-0.4, -0.2) is 36.4 Å². The molecule has 1 fully saturated rings. The summed E-state index contributed by atoms with van der Waals surface area (Å²) in [5.74, 6) is -1.32. The fourth-order valence-electron chi connectivity index (χ4n) is 3.52. The lowest BCUT2D eigenvalue weighted by molar-refractivity contribution is -0.149. The van der Waals surface area contributed by atoms with Crippen molar-refractivity contribution in [3.8, 4) is 0 Å². The van der Waals surface area contributed by atoms with Crippen LogP contribution in [0.1, 0.15) is 71.6 Å². The summed E-state index contributed by atoms with van der Waals surface area (Å²) < 4.78 is 5.16. The van der Waals surface area contributed by atoms with E-state index in [2.05, 4.69) is 26.0 Å². The largest absolute Gasteiger partial charge is 0.476 e. The van der Waals surface area contributed by atoms with Crippen molar-refractivity contribution in [2.75, 3.05) is 13.7 Å². The number of ketones is 2. The lowest BCUT2D eigenvalue weighted by Gasteiger charge is -2.22. The van der Waals surface area contributed by atoms with Crippen molar-refractivity contribution in [2.24, 2.45) is 17.3 Å². The monoisotopic (exact) mass is 366 g/mol. The smallest absolute Gasteiger partial charge is 0.372 e. The first-order valence-corrected chi connectivity index (χ1v) is 9.71. The Kier molecular flexibility index (Phi) is 9.78. The van der Waals surface area contributed by atoms with E-state index in [0.717, 1.165) is 45.1 Å². The van der Waals surface area contributed by atoms with Crippen LogP contribution in [0.4, 0.5) is 0 Å². The zero-order valence-electron chi connectivity index (χ0n) is 16.5. The van der Waals surface area contributed by atoms with Crippen molar-refractivity contribution in [2.45, 2.75) is 71.6 Å². The molecule has 26 heavy (non-hydrogen) atoms. The van der Waals surface area contributed by atoms with Crippen molar-refractivity contribution in [3.63, 3.8) is 0 Å². The molecular formula is C21H34O5. The lowest BCUT2D eigenvalue weighted by Crippen LogP contribution is -2.15. The van der Waals surface area contributed by atoms with Gasteiger partial charge >= 0.3 is 5.97 Å². The van der Waals surface area contributed by atoms with Crippen LogP contribution in [0, 0.1) is 17.3 Å². The van der Waals surface area contributed by atoms with Gasteiger partial charge < -0.3 is 9.84 Å². The maximum absolute atomic E-state index is 12.2. The number of hydrogen-bond acceptors (Lipinski definition) is 4. The van der Waals surface area contributed by atoms with Gasteiger partial charge in [-0.3, -0.25) is 9.59 Å². The third kappa shape index (κ3) is 8.26. The van der Waals surface area contributed by atoms with E-state index >= 15 is 0 Å². The lowest BCUT2D eigenvalue weighted by atomic mass is 9.84. The van der Waals surface area contributed by atoms with Gasteiger partial charge in [0.25, 0.3) is 0 Å². The first-order chi connectivity index (χ1) is 12.3. The molecule has 1 rings (SSSR count). The van der Waals surface area contributed by atoms with Crippen LogP contribution in [0.15, 0.2) is 12.2 Å². The quantitative estimate of drug-likeness (QED) is 0.300. The zero-order chi connectivity index (χ0) is 19.6. The minimum absolute atomic E-state index is 0.0866. The predicted octanol–water partition coefficient (Wildman–Crippen LogP) is 4.19. The van der Waals surface area contributed by atoms with Crippen LogP contribution in [0.25, 0.3) is 0 Å². The topological polar surface area (TPSA) is 80.7 Å². The van der Waals surface area contributed by atoms with E-state index in [4.69, 9.17) is 9.84 Å². The summed E-state index contributed by atoms with van der Waals surface area (Å²) in [5.41, 5.74) is 0.196. The maximum atomic E-state index is 12.2. The van der Waals surface area contributed by atoms with Gasteiger partial charge in [-0.15, -0.1) is 0 Å². The molecule has 0 spiro atoms. The number of carboxylic acids is 1. The van der Waals surface area contributed by atoms with Crippen molar-refractivity contribution in [1.29, 1.82) is 0 Å². The van der Waals surface area contributed by atoms with E-state index in [1.165, 1.54) is 0 Å². The number of ether oxygens (including phenoxy) is 1. The van der Waals surface area contributed by atoms with Crippen LogP contribution < -0.4 is 0 Å². The first kappa shape index (κ1) is 22.6. The molecule has 5 nitrogen and oxygen atoms in total. The second kappa shape index (κ2) is 11.3. The zero-order valence-corrected chi connectivity index (χ0v) is 16.5. The standard InChI is InChI=1S/C21H34O5/c1-21(2,14-15-26-3)13-7-8-16-11-12-18(22)17(16)9-5-4-6-10-19(23)20(24)25/h7-8,16-17H,4-6,9-15H2,1-3H3,(H,24,25)/t16-,17+/m0/s1. The summed E-state index contributed by atoms with van der Waals surface area (Å²) in [6.45, 7) is 5.22. The van der Waals surface area contributed by atoms with E-state index in [1.54, 1.807) is 7.11 Å². The predicted molar refractivity (Wildman–Crippen MR) is 101 cm³/mol. The van der Waals surface area contributed by atoms with Crippen molar-refractivity contribution < 1.29 is 24.2 Å². The molecule has 0 unspecified atom stereocenters. The Bertz CT molecular complexity index is 507. The van der Waals surface area contributed by atoms with Gasteiger partial charge in [-0.2, -0.15) is 0 Å². The fourth-order valence-corrected chi connectivity index (χ4v) is 3.52. The Morgan fingerprint density at radius 1 is 1.27 bits per heavy atom. The maximum Gasteiger partial charge on any atom is 0.372 e. The highest BCUT2D eigenvalue weighted by Crippen LogP contribution is 2.34. The molecule has 148 valence electrons. The summed E-state index contributed by atoms with van der Waals surface area (Å²) in [6.07, 6.45) is 11.2. The van der Waals surface area contributed by atoms with E-state index in [1.807, 2.05) is 0 Å². The second-order valence-electron chi connectivity index (χ2n) is 8.14. The highest BCUT2D eigenvalue weighted by molar-refractivity contribution is 6.32. The summed E-state index contributed by atoms with van der Waals surface area (Å²) >= 11 is 0. The molecule has 0 heterocycles. The van der Waals surface area contributed by atoms with Gasteiger partial charge in [0.1, 0.15) is 5.78 Å². The van der Waals surface area contributed by atoms with Gasteiger partial charge in [0, 0.05) is 32.5 Å². The molecule has 0 bridgehead atoms. The minimum atomic E-state index is -1.35. The highest BCUT2D eigenvalue weighted by atomic mass is 16.5. The average Bonchev–Trinajstić information content (AvgIpc) is 2.92. The molecule has 0 aliphatic heterocycles. The third-order valence-electron chi connectivity index (χ3n) is 5.35. The summed E-state index contributed by atoms with van der Waals surface area (Å²) in [4.78, 5) is 33.7. The second-order valence-corrected chi connectivity index (χ2v) is 8.14. The SMILES string of the molecule is COCCC(C)(C)CC=C[C@H]1CCC(=O)[C@@H]1CCCCCC(=O)C(=O)O. The Morgan fingerprint density at radius 3 is 2.65 bits per heavy atom. The number of allylic oxidation sites excluding steroid dienone is 2. The molecule has 1 aliphatic carbocycles. The molecule has 0 radical (unpaired) electrons. The van der Waals surface area contributed by atoms with Gasteiger partial charge in [0.05, 0.1) is 0 Å². The van der Waals surface area contributed by atoms with E-state index < -0.39 is 11.8 Å². The number of unbranched alkanes of at least 4 members (excludes halogenated alkanes) is 2. The number of carbonyl (C=O) groups is 3. The van der Waals surface area contributed by atoms with Crippen LogP contribution >= 0.6 is 0 Å². The number of carbonyl (C=O) groups excluding carboxylic acids is 2. The van der Waals surface area contributed by atoms with Gasteiger partial charge in [0.15, 0.2) is 0 Å². The molecule has 1 aliphatic rings. The van der Waals surface area contributed by atoms with Crippen LogP contribution in [0.5, 0.6) is 0 Å². The van der Waals surface area contributed by atoms with Crippen molar-refractivity contribution >= 4 is 17.5 Å². The normalized spacial score (nSPS) is 20.8. The molecule has 5 heteroatoms. The minimum Gasteiger partial charge on any atom is -0.476 e. The molecule has 0 amide bonds. The number of rotatable bonds is 13. The van der Waals surface area contributed by atoms with Gasteiger partial charge in [-0.05, 0) is 43.4 Å². The Labute approximate surface area is 157 Å². The van der Waals surface area contributed by atoms with Gasteiger partial charge in [-0.25, -0.2) is 4.79 Å². The van der Waals surface area contributed by atoms with Crippen LogP contribution in [-0.2, 0) is 19.1 Å². The van der Waals surface area contributed by atoms with Gasteiger partial charge in [-0.1, -0.05) is 38.8 Å². The molecule has 1 saturated carbocycles. The fraction of sp³-hybridized carbons (Fsp3) is 0.762. The van der Waals surface area contributed by atoms with E-state index in [0.29, 0.717) is 24.5 Å². The van der Waals surface area contributed by atoms with Crippen molar-refractivity contribution in [1.82, 2.24) is 0 Å². The molecule has 1 N–H and O–H groups in total. The Hall–Kier alpha value is -1.49. The van der Waals surface area contributed by atoms with E-state index in [9.17, 15) is 14.4 Å².